The van der Waals surface area contributed by atoms with Gasteiger partial charge < -0.3 is 15.0 Å². The molecule has 4 rings (SSSR count). The molecule has 1 heterocycles. The number of carbonyl (C=O) groups excluding carboxylic acids is 4. The van der Waals surface area contributed by atoms with Gasteiger partial charge in [0.15, 0.2) is 0 Å². The summed E-state index contributed by atoms with van der Waals surface area (Å²) in [7, 11) is 0. The lowest BCUT2D eigenvalue weighted by atomic mass is 9.94. The summed E-state index contributed by atoms with van der Waals surface area (Å²) in [5.41, 5.74) is -1.15. The lowest BCUT2D eigenvalue weighted by Crippen LogP contribution is -2.51. The van der Waals surface area contributed by atoms with Crippen molar-refractivity contribution in [1.29, 1.82) is 0 Å². The van der Waals surface area contributed by atoms with Gasteiger partial charge in [-0.25, -0.2) is 14.1 Å². The quantitative estimate of drug-likeness (QED) is 0.468. The molecule has 0 aromatic heterocycles. The van der Waals surface area contributed by atoms with E-state index < -0.39 is 73.1 Å². The first-order valence-corrected chi connectivity index (χ1v) is 12.2. The molecule has 41 heavy (non-hydrogen) atoms. The number of benzene rings is 2. The second-order valence-corrected chi connectivity index (χ2v) is 9.66. The molecule has 4 amide bonds. The fraction of sp³-hybridized carbons (Fsp3) is 0.385. The summed E-state index contributed by atoms with van der Waals surface area (Å²) in [5, 5.41) is 2.10. The molecule has 1 spiro atoms. The number of nitrogens with one attached hydrogen (secondary N) is 1. The van der Waals surface area contributed by atoms with E-state index in [2.05, 4.69) is 5.32 Å². The van der Waals surface area contributed by atoms with Crippen LogP contribution < -0.4 is 5.32 Å². The third kappa shape index (κ3) is 6.28. The number of hydrogen-bond donors (Lipinski definition) is 1. The lowest BCUT2D eigenvalue weighted by molar-refractivity contribution is -0.187. The molecule has 1 aliphatic heterocycles. The van der Waals surface area contributed by atoms with E-state index in [0.29, 0.717) is 15.4 Å². The van der Waals surface area contributed by atoms with Gasteiger partial charge in [0.2, 0.25) is 17.4 Å². The standard InChI is InChI=1S/C26H22F7N3O5/c1-14(26(31,32)33)35(12-15-2-4-17(27)5-3-15)21(38)13-36-22(39)24(41-23(36)40)9-8-16-10-18(6-7-19(16)24)34-20(37)11-25(28,29)30/h2-7,10,14H,8-9,11-13H2,1H3,(H,34,37)/t14-,24+/m0/s1. The summed E-state index contributed by atoms with van der Waals surface area (Å²) in [6, 6.07) is 5.90. The average molecular weight is 589 g/mol. The van der Waals surface area contributed by atoms with Gasteiger partial charge in [-0.05, 0) is 48.7 Å². The van der Waals surface area contributed by atoms with Crippen molar-refractivity contribution in [3.05, 3.63) is 65.0 Å². The minimum Gasteiger partial charge on any atom is -0.427 e. The number of alkyl halides is 6. The van der Waals surface area contributed by atoms with E-state index in [9.17, 15) is 49.9 Å². The molecule has 0 radical (unpaired) electrons. The molecule has 15 heteroatoms. The number of anilines is 1. The van der Waals surface area contributed by atoms with Crippen molar-refractivity contribution in [2.24, 2.45) is 0 Å². The summed E-state index contributed by atoms with van der Waals surface area (Å²) < 4.78 is 96.8. The van der Waals surface area contributed by atoms with Gasteiger partial charge in [-0.15, -0.1) is 0 Å². The van der Waals surface area contributed by atoms with E-state index >= 15 is 0 Å². The van der Waals surface area contributed by atoms with Crippen LogP contribution in [0.15, 0.2) is 42.5 Å². The van der Waals surface area contributed by atoms with Crippen molar-refractivity contribution in [3.63, 3.8) is 0 Å². The number of hydrogen-bond acceptors (Lipinski definition) is 5. The highest BCUT2D eigenvalue weighted by Crippen LogP contribution is 2.46. The largest absolute Gasteiger partial charge is 0.427 e. The Morgan fingerprint density at radius 2 is 1.73 bits per heavy atom. The van der Waals surface area contributed by atoms with Crippen LogP contribution in [0.3, 0.4) is 0 Å². The van der Waals surface area contributed by atoms with Crippen LogP contribution in [-0.4, -0.2) is 58.6 Å². The van der Waals surface area contributed by atoms with Crippen LogP contribution in [0.2, 0.25) is 0 Å². The summed E-state index contributed by atoms with van der Waals surface area (Å²) >= 11 is 0. The Morgan fingerprint density at radius 1 is 1.07 bits per heavy atom. The summed E-state index contributed by atoms with van der Waals surface area (Å²) in [5.74, 6) is -4.16. The first kappa shape index (κ1) is 29.8. The Balaban J connectivity index is 1.53. The number of halogens is 7. The monoisotopic (exact) mass is 589 g/mol. The Bertz CT molecular complexity index is 1380. The van der Waals surface area contributed by atoms with Crippen LogP contribution in [-0.2, 0) is 37.7 Å². The third-order valence-electron chi connectivity index (χ3n) is 6.83. The third-order valence-corrected chi connectivity index (χ3v) is 6.83. The van der Waals surface area contributed by atoms with Crippen molar-refractivity contribution in [1.82, 2.24) is 9.80 Å². The second kappa shape index (κ2) is 10.7. The van der Waals surface area contributed by atoms with Crippen molar-refractivity contribution in [2.75, 3.05) is 11.9 Å². The van der Waals surface area contributed by atoms with Gasteiger partial charge in [-0.2, -0.15) is 26.3 Å². The van der Waals surface area contributed by atoms with E-state index in [4.69, 9.17) is 4.74 Å². The molecule has 0 bridgehead atoms. The Labute approximate surface area is 228 Å². The van der Waals surface area contributed by atoms with Gasteiger partial charge in [0.25, 0.3) is 5.91 Å². The number of carbonyl (C=O) groups is 4. The van der Waals surface area contributed by atoms with Crippen LogP contribution in [0.1, 0.15) is 36.5 Å². The second-order valence-electron chi connectivity index (χ2n) is 9.66. The number of amides is 4. The minimum atomic E-state index is -4.86. The van der Waals surface area contributed by atoms with Gasteiger partial charge >= 0.3 is 18.4 Å². The molecule has 8 nitrogen and oxygen atoms in total. The predicted molar refractivity (Wildman–Crippen MR) is 126 cm³/mol. The zero-order valence-electron chi connectivity index (χ0n) is 21.2. The Hall–Kier alpha value is -4.17. The highest BCUT2D eigenvalue weighted by molar-refractivity contribution is 6.06. The fourth-order valence-electron chi connectivity index (χ4n) is 4.75. The topological polar surface area (TPSA) is 96.0 Å². The Kier molecular flexibility index (Phi) is 7.76. The van der Waals surface area contributed by atoms with E-state index in [1.54, 1.807) is 0 Å². The minimum absolute atomic E-state index is 0.0106. The summed E-state index contributed by atoms with van der Waals surface area (Å²) in [4.78, 5) is 51.6. The maximum Gasteiger partial charge on any atom is 0.418 e. The summed E-state index contributed by atoms with van der Waals surface area (Å²) in [6.45, 7) is -0.930. The van der Waals surface area contributed by atoms with Crippen LogP contribution in [0.5, 0.6) is 0 Å². The SMILES string of the molecule is C[C@H](N(Cc1ccc(F)cc1)C(=O)CN1C(=O)O[C@@]2(CCc3cc(NC(=O)CC(F)(F)F)ccc32)C1=O)C(F)(F)F. The highest BCUT2D eigenvalue weighted by Gasteiger charge is 2.58. The molecule has 2 aliphatic rings. The van der Waals surface area contributed by atoms with Crippen LogP contribution in [0, 0.1) is 5.82 Å². The molecule has 1 aliphatic carbocycles. The van der Waals surface area contributed by atoms with E-state index in [0.717, 1.165) is 19.1 Å². The van der Waals surface area contributed by atoms with Gasteiger partial charge in [0.05, 0.1) is 0 Å². The predicted octanol–water partition coefficient (Wildman–Crippen LogP) is 4.82. The number of ether oxygens (including phenoxy) is 1. The van der Waals surface area contributed by atoms with Crippen molar-refractivity contribution in [2.45, 2.75) is 56.7 Å². The number of fused-ring (bicyclic) bond motifs is 2. The molecular weight excluding hydrogens is 567 g/mol. The molecule has 1 saturated heterocycles. The van der Waals surface area contributed by atoms with Gasteiger partial charge in [-0.3, -0.25) is 14.4 Å². The molecule has 0 saturated carbocycles. The van der Waals surface area contributed by atoms with E-state index in [1.165, 1.54) is 30.3 Å². The average Bonchev–Trinajstić information content (AvgIpc) is 3.33. The molecule has 1 fully saturated rings. The van der Waals surface area contributed by atoms with Crippen LogP contribution >= 0.6 is 0 Å². The Morgan fingerprint density at radius 3 is 2.34 bits per heavy atom. The smallest absolute Gasteiger partial charge is 0.418 e. The maximum atomic E-state index is 13.6. The maximum absolute atomic E-state index is 13.6. The molecule has 220 valence electrons. The zero-order chi connectivity index (χ0) is 30.3. The number of rotatable bonds is 7. The van der Waals surface area contributed by atoms with Crippen molar-refractivity contribution >= 4 is 29.5 Å². The van der Waals surface area contributed by atoms with E-state index in [1.807, 2.05) is 0 Å². The van der Waals surface area contributed by atoms with Gasteiger partial charge in [0, 0.05) is 24.2 Å². The number of nitrogens with zero attached hydrogens (tertiary/aromatic N) is 2. The number of imide groups is 1. The molecular formula is C26H22F7N3O5. The fourth-order valence-corrected chi connectivity index (χ4v) is 4.75. The van der Waals surface area contributed by atoms with Crippen molar-refractivity contribution in [3.8, 4) is 0 Å². The van der Waals surface area contributed by atoms with Crippen LogP contribution in [0.25, 0.3) is 0 Å². The van der Waals surface area contributed by atoms with E-state index in [-0.39, 0.29) is 29.7 Å². The summed E-state index contributed by atoms with van der Waals surface area (Å²) in [6.07, 6.45) is -12.5. The normalized spacial score (nSPS) is 19.3. The lowest BCUT2D eigenvalue weighted by Gasteiger charge is -2.31. The molecule has 2 aromatic carbocycles. The van der Waals surface area contributed by atoms with Crippen LogP contribution in [0.4, 0.5) is 41.2 Å². The van der Waals surface area contributed by atoms with Gasteiger partial charge in [-0.1, -0.05) is 18.2 Å². The van der Waals surface area contributed by atoms with Gasteiger partial charge in [0.1, 0.15) is 24.8 Å². The highest BCUT2D eigenvalue weighted by atomic mass is 19.4. The van der Waals surface area contributed by atoms with Crippen molar-refractivity contribution < 1.29 is 54.6 Å². The molecule has 0 unspecified atom stereocenters. The number of aryl methyl sites for hydroxylation is 1. The molecule has 2 aromatic rings. The molecule has 2 atom stereocenters. The zero-order valence-corrected chi connectivity index (χ0v) is 21.2. The first-order valence-electron chi connectivity index (χ1n) is 12.2. The molecule has 1 N–H and O–H groups in total. The first-order chi connectivity index (χ1) is 19.0.